The molecule has 3 heteroatoms. The Morgan fingerprint density at radius 3 is 2.75 bits per heavy atom. The molecule has 1 aromatic heterocycles. The fourth-order valence-electron chi connectivity index (χ4n) is 2.16. The molecule has 0 saturated heterocycles. The van der Waals surface area contributed by atoms with Crippen molar-refractivity contribution in [2.24, 2.45) is 5.92 Å². The molecule has 0 amide bonds. The number of thiophene rings is 1. The number of hydrogen-bond acceptors (Lipinski definition) is 3. The maximum atomic E-state index is 6.06. The second kappa shape index (κ2) is 4.91. The van der Waals surface area contributed by atoms with Gasteiger partial charge >= 0.3 is 0 Å². The van der Waals surface area contributed by atoms with Crippen molar-refractivity contribution >= 4 is 17.1 Å². The average molecular weight is 237 g/mol. The van der Waals surface area contributed by atoms with Crippen LogP contribution in [0, 0.1) is 5.92 Å². The first-order valence-corrected chi connectivity index (χ1v) is 6.78. The zero-order chi connectivity index (χ0) is 11.5. The Bertz CT molecular complexity index is 354. The van der Waals surface area contributed by atoms with Gasteiger partial charge in [0.1, 0.15) is 0 Å². The second-order valence-electron chi connectivity index (χ2n) is 4.22. The van der Waals surface area contributed by atoms with Crippen LogP contribution in [0.2, 0.25) is 0 Å². The van der Waals surface area contributed by atoms with Gasteiger partial charge in [0, 0.05) is 19.2 Å². The molecule has 16 heavy (non-hydrogen) atoms. The van der Waals surface area contributed by atoms with Crippen molar-refractivity contribution in [2.75, 3.05) is 7.05 Å². The molecule has 1 aliphatic heterocycles. The van der Waals surface area contributed by atoms with E-state index in [9.17, 15) is 0 Å². The molecule has 0 bridgehead atoms. The molecule has 0 N–H and O–H groups in total. The average Bonchev–Trinajstić information content (AvgIpc) is 2.90. The minimum absolute atomic E-state index is 0.215. The monoisotopic (exact) mass is 237 g/mol. The van der Waals surface area contributed by atoms with Crippen LogP contribution in [0.1, 0.15) is 31.6 Å². The topological polar surface area (TPSA) is 12.5 Å². The molecule has 88 valence electrons. The van der Waals surface area contributed by atoms with Crippen molar-refractivity contribution in [2.45, 2.75) is 32.9 Å². The maximum Gasteiger partial charge on any atom is 0.174 e. The van der Waals surface area contributed by atoms with E-state index >= 15 is 0 Å². The van der Waals surface area contributed by atoms with Gasteiger partial charge in [0.25, 0.3) is 0 Å². The molecule has 0 radical (unpaired) electrons. The van der Waals surface area contributed by atoms with Gasteiger partial charge in [-0.05, 0) is 24.3 Å². The molecule has 0 spiro atoms. The highest BCUT2D eigenvalue weighted by atomic mass is 32.1. The summed E-state index contributed by atoms with van der Waals surface area (Å²) in [7, 11) is 2.10. The summed E-state index contributed by atoms with van der Waals surface area (Å²) in [6.45, 7) is 4.46. The predicted molar refractivity (Wildman–Crippen MR) is 69.0 cm³/mol. The van der Waals surface area contributed by atoms with Crippen LogP contribution in [0.3, 0.4) is 0 Å². The lowest BCUT2D eigenvalue weighted by Crippen LogP contribution is -2.31. The van der Waals surface area contributed by atoms with Gasteiger partial charge in [0.2, 0.25) is 0 Å². The van der Waals surface area contributed by atoms with Gasteiger partial charge in [-0.1, -0.05) is 19.9 Å². The summed E-state index contributed by atoms with van der Waals surface area (Å²) < 4.78 is 6.06. The molecule has 1 atom stereocenters. The van der Waals surface area contributed by atoms with Crippen LogP contribution in [0.4, 0.5) is 0 Å². The van der Waals surface area contributed by atoms with Crippen LogP contribution in [-0.4, -0.2) is 18.2 Å². The number of nitrogens with zero attached hydrogens (tertiary/aromatic N) is 1. The van der Waals surface area contributed by atoms with Gasteiger partial charge in [-0.2, -0.15) is 0 Å². The Balaban J connectivity index is 2.10. The summed E-state index contributed by atoms with van der Waals surface area (Å²) in [6.07, 6.45) is 4.66. The quantitative estimate of drug-likeness (QED) is 0.790. The number of hydrogen-bond donors (Lipinski definition) is 0. The van der Waals surface area contributed by atoms with Gasteiger partial charge in [-0.25, -0.2) is 0 Å². The molecule has 2 nitrogen and oxygen atoms in total. The smallest absolute Gasteiger partial charge is 0.174 e. The first-order valence-electron chi connectivity index (χ1n) is 5.90. The standard InChI is InChI=1S/C13H19NOS/c1-4-10(5-2)13-14(3)9-11(15-13)12-7-6-8-16-12/h6-10,13H,4-5H2,1-3H3. The lowest BCUT2D eigenvalue weighted by Gasteiger charge is -2.27. The van der Waals surface area contributed by atoms with E-state index in [1.54, 1.807) is 11.3 Å². The first-order chi connectivity index (χ1) is 7.76. The van der Waals surface area contributed by atoms with Crippen LogP contribution in [0.25, 0.3) is 5.76 Å². The normalized spacial score (nSPS) is 20.1. The van der Waals surface area contributed by atoms with Crippen molar-refractivity contribution in [3.05, 3.63) is 28.6 Å². The predicted octanol–water partition coefficient (Wildman–Crippen LogP) is 3.77. The minimum atomic E-state index is 0.215. The van der Waals surface area contributed by atoms with E-state index in [4.69, 9.17) is 4.74 Å². The zero-order valence-electron chi connectivity index (χ0n) is 10.1. The Hall–Kier alpha value is -0.960. The molecule has 0 aromatic carbocycles. The third-order valence-corrected chi connectivity index (χ3v) is 4.07. The molecular weight excluding hydrogens is 218 g/mol. The van der Waals surface area contributed by atoms with E-state index in [-0.39, 0.29) is 6.23 Å². The van der Waals surface area contributed by atoms with Gasteiger partial charge in [-0.3, -0.25) is 0 Å². The molecule has 1 aliphatic rings. The fourth-order valence-corrected chi connectivity index (χ4v) is 2.84. The van der Waals surface area contributed by atoms with E-state index < -0.39 is 0 Å². The van der Waals surface area contributed by atoms with Crippen molar-refractivity contribution in [3.8, 4) is 0 Å². The van der Waals surface area contributed by atoms with Crippen molar-refractivity contribution in [3.63, 3.8) is 0 Å². The SMILES string of the molecule is CCC(CC)C1OC(c2cccs2)=CN1C. The molecule has 0 aliphatic carbocycles. The third kappa shape index (κ3) is 2.09. The van der Waals surface area contributed by atoms with Crippen molar-refractivity contribution in [1.82, 2.24) is 4.90 Å². The molecule has 2 rings (SSSR count). The Morgan fingerprint density at radius 1 is 1.44 bits per heavy atom. The molecule has 0 fully saturated rings. The summed E-state index contributed by atoms with van der Waals surface area (Å²) in [6, 6.07) is 4.17. The van der Waals surface area contributed by atoms with E-state index in [0.29, 0.717) is 5.92 Å². The third-order valence-electron chi connectivity index (χ3n) is 3.19. The largest absolute Gasteiger partial charge is 0.467 e. The molecule has 2 heterocycles. The summed E-state index contributed by atoms with van der Waals surface area (Å²) in [5.41, 5.74) is 0. The van der Waals surface area contributed by atoms with Crippen LogP contribution < -0.4 is 0 Å². The lowest BCUT2D eigenvalue weighted by molar-refractivity contribution is 0.0262. The Kier molecular flexibility index (Phi) is 3.54. The van der Waals surface area contributed by atoms with E-state index in [0.717, 1.165) is 18.6 Å². The second-order valence-corrected chi connectivity index (χ2v) is 5.17. The van der Waals surface area contributed by atoms with Crippen LogP contribution in [-0.2, 0) is 4.74 Å². The number of ether oxygens (including phenoxy) is 1. The first kappa shape index (κ1) is 11.5. The van der Waals surface area contributed by atoms with E-state index in [1.165, 1.54) is 4.88 Å². The summed E-state index contributed by atoms with van der Waals surface area (Å²) in [4.78, 5) is 3.42. The zero-order valence-corrected chi connectivity index (χ0v) is 11.0. The van der Waals surface area contributed by atoms with Crippen LogP contribution in [0.5, 0.6) is 0 Å². The summed E-state index contributed by atoms with van der Waals surface area (Å²) in [5, 5.41) is 2.09. The summed E-state index contributed by atoms with van der Waals surface area (Å²) in [5.74, 6) is 1.63. The highest BCUT2D eigenvalue weighted by molar-refractivity contribution is 7.11. The van der Waals surface area contributed by atoms with Crippen LogP contribution >= 0.6 is 11.3 Å². The Morgan fingerprint density at radius 2 is 2.19 bits per heavy atom. The fraction of sp³-hybridized carbons (Fsp3) is 0.538. The Labute approximate surface area is 102 Å². The summed E-state index contributed by atoms with van der Waals surface area (Å²) >= 11 is 1.73. The lowest BCUT2D eigenvalue weighted by atomic mass is 10.0. The van der Waals surface area contributed by atoms with E-state index in [1.807, 2.05) is 0 Å². The van der Waals surface area contributed by atoms with Crippen molar-refractivity contribution in [1.29, 1.82) is 0 Å². The van der Waals surface area contributed by atoms with Gasteiger partial charge in [0.15, 0.2) is 12.0 Å². The van der Waals surface area contributed by atoms with Gasteiger partial charge < -0.3 is 9.64 Å². The number of rotatable bonds is 4. The highest BCUT2D eigenvalue weighted by Crippen LogP contribution is 2.33. The minimum Gasteiger partial charge on any atom is -0.467 e. The van der Waals surface area contributed by atoms with E-state index in [2.05, 4.69) is 49.5 Å². The highest BCUT2D eigenvalue weighted by Gasteiger charge is 2.29. The van der Waals surface area contributed by atoms with Crippen LogP contribution in [0.15, 0.2) is 23.7 Å². The molecule has 1 aromatic rings. The van der Waals surface area contributed by atoms with Gasteiger partial charge in [0.05, 0.1) is 4.88 Å². The molecule has 0 saturated carbocycles. The maximum absolute atomic E-state index is 6.06. The van der Waals surface area contributed by atoms with Gasteiger partial charge in [-0.15, -0.1) is 11.3 Å². The molecule has 1 unspecified atom stereocenters. The molecular formula is C13H19NOS. The van der Waals surface area contributed by atoms with Crippen molar-refractivity contribution < 1.29 is 4.74 Å².